The van der Waals surface area contributed by atoms with E-state index in [0.29, 0.717) is 11.1 Å². The van der Waals surface area contributed by atoms with Crippen LogP contribution in [0.25, 0.3) is 5.57 Å². The number of allylic oxidation sites excluding steroid dienone is 2. The molecule has 8 heteroatoms. The van der Waals surface area contributed by atoms with Gasteiger partial charge in [0.25, 0.3) is 0 Å². The zero-order valence-corrected chi connectivity index (χ0v) is 16.1. The molecule has 0 N–H and O–H groups in total. The van der Waals surface area contributed by atoms with Crippen LogP contribution < -0.4 is 0 Å². The number of esters is 1. The van der Waals surface area contributed by atoms with E-state index in [1.807, 2.05) is 0 Å². The van der Waals surface area contributed by atoms with Crippen molar-refractivity contribution in [2.24, 2.45) is 0 Å². The lowest BCUT2D eigenvalue weighted by Gasteiger charge is -2.33. The quantitative estimate of drug-likeness (QED) is 0.403. The lowest BCUT2D eigenvalue weighted by molar-refractivity contribution is -0.187. The normalized spacial score (nSPS) is 19.5. The minimum atomic E-state index is -4.58. The van der Waals surface area contributed by atoms with E-state index in [1.165, 1.54) is 31.4 Å². The molecule has 3 rings (SSSR count). The fourth-order valence-corrected chi connectivity index (χ4v) is 3.81. The van der Waals surface area contributed by atoms with Crippen molar-refractivity contribution in [3.05, 3.63) is 75.0 Å². The highest BCUT2D eigenvalue weighted by Gasteiger charge is 2.57. The number of hydrogen-bond acceptors (Lipinski definition) is 2. The third kappa shape index (κ3) is 3.51. The smallest absolute Gasteiger partial charge is 0.399 e. The molecule has 1 atom stereocenters. The standard InChI is InChI=1S/C20H14Cl2F4O2/c1-28-18(27)14-4-2-11(8-15(14)21)12-6-7-19(10-12,20(24,25)26)13-3-5-17(23)16(22)9-13/h2-6,8-9H,7,10H2,1H3. The predicted octanol–water partition coefficient (Wildman–Crippen LogP) is 6.60. The molecule has 0 saturated heterocycles. The van der Waals surface area contributed by atoms with Crippen LogP contribution in [0.1, 0.15) is 34.3 Å². The molecule has 0 radical (unpaired) electrons. The Bertz CT molecular complexity index is 969. The van der Waals surface area contributed by atoms with Gasteiger partial charge >= 0.3 is 12.1 Å². The van der Waals surface area contributed by atoms with Gasteiger partial charge < -0.3 is 4.74 Å². The Labute approximate surface area is 168 Å². The summed E-state index contributed by atoms with van der Waals surface area (Å²) in [7, 11) is 1.21. The Balaban J connectivity index is 1.99. The van der Waals surface area contributed by atoms with E-state index < -0.39 is 23.4 Å². The number of carbonyl (C=O) groups is 1. The van der Waals surface area contributed by atoms with Crippen LogP contribution >= 0.6 is 23.2 Å². The Morgan fingerprint density at radius 2 is 1.82 bits per heavy atom. The first kappa shape index (κ1) is 20.7. The number of benzene rings is 2. The minimum absolute atomic E-state index is 0.0829. The Kier molecular flexibility index (Phi) is 5.47. The molecule has 2 aromatic carbocycles. The lowest BCUT2D eigenvalue weighted by Crippen LogP contribution is -2.40. The van der Waals surface area contributed by atoms with Crippen molar-refractivity contribution in [2.45, 2.75) is 24.4 Å². The molecule has 0 spiro atoms. The van der Waals surface area contributed by atoms with E-state index in [-0.39, 0.29) is 34.0 Å². The third-order valence-electron chi connectivity index (χ3n) is 4.95. The van der Waals surface area contributed by atoms with Gasteiger partial charge in [0.1, 0.15) is 5.82 Å². The zero-order valence-electron chi connectivity index (χ0n) is 14.5. The molecule has 2 aromatic rings. The fourth-order valence-electron chi connectivity index (χ4n) is 3.37. The van der Waals surface area contributed by atoms with Crippen molar-refractivity contribution in [3.8, 4) is 0 Å². The van der Waals surface area contributed by atoms with E-state index in [0.717, 1.165) is 18.2 Å². The first-order valence-electron chi connectivity index (χ1n) is 8.18. The predicted molar refractivity (Wildman–Crippen MR) is 99.1 cm³/mol. The molecule has 1 aliphatic rings. The first-order valence-corrected chi connectivity index (χ1v) is 8.94. The maximum absolute atomic E-state index is 14.1. The number of carbonyl (C=O) groups excluding carboxylic acids is 1. The monoisotopic (exact) mass is 432 g/mol. The summed E-state index contributed by atoms with van der Waals surface area (Å²) in [5.74, 6) is -1.42. The molecule has 0 saturated carbocycles. The molecular formula is C20H14Cl2F4O2. The molecule has 1 aliphatic carbocycles. The summed E-state index contributed by atoms with van der Waals surface area (Å²) in [6.07, 6.45) is -3.77. The zero-order chi connectivity index (χ0) is 20.7. The van der Waals surface area contributed by atoms with E-state index in [1.54, 1.807) is 0 Å². The SMILES string of the molecule is COC(=O)c1ccc(C2=CCC(c3ccc(F)c(Cl)c3)(C(F)(F)F)C2)cc1Cl. The summed E-state index contributed by atoms with van der Waals surface area (Å²) in [4.78, 5) is 11.6. The van der Waals surface area contributed by atoms with Gasteiger partial charge in [-0.3, -0.25) is 0 Å². The maximum atomic E-state index is 14.1. The van der Waals surface area contributed by atoms with Crippen molar-refractivity contribution in [1.29, 1.82) is 0 Å². The first-order chi connectivity index (χ1) is 13.1. The van der Waals surface area contributed by atoms with E-state index in [9.17, 15) is 22.4 Å². The summed E-state index contributed by atoms with van der Waals surface area (Å²) in [5.41, 5.74) is -1.30. The summed E-state index contributed by atoms with van der Waals surface area (Å²) in [5, 5.41) is -0.278. The summed E-state index contributed by atoms with van der Waals surface area (Å²) < 4.78 is 60.2. The molecule has 0 aromatic heterocycles. The van der Waals surface area contributed by atoms with Crippen molar-refractivity contribution < 1.29 is 27.1 Å². The van der Waals surface area contributed by atoms with Gasteiger partial charge in [-0.2, -0.15) is 13.2 Å². The second-order valence-corrected chi connectivity index (χ2v) is 7.32. The summed E-state index contributed by atoms with van der Waals surface area (Å²) in [6.45, 7) is 0. The average Bonchev–Trinajstić information content (AvgIpc) is 3.10. The molecule has 148 valence electrons. The van der Waals surface area contributed by atoms with E-state index in [4.69, 9.17) is 23.2 Å². The molecule has 0 aliphatic heterocycles. The maximum Gasteiger partial charge on any atom is 0.399 e. The van der Waals surface area contributed by atoms with Crippen LogP contribution in [0, 0.1) is 5.82 Å². The minimum Gasteiger partial charge on any atom is -0.465 e. The van der Waals surface area contributed by atoms with Crippen LogP contribution in [0.4, 0.5) is 17.6 Å². The third-order valence-corrected chi connectivity index (χ3v) is 5.55. The highest BCUT2D eigenvalue weighted by molar-refractivity contribution is 6.33. The number of hydrogen-bond donors (Lipinski definition) is 0. The van der Waals surface area contributed by atoms with Crippen LogP contribution in [-0.4, -0.2) is 19.3 Å². The number of ether oxygens (including phenoxy) is 1. The van der Waals surface area contributed by atoms with Crippen LogP contribution in [0.5, 0.6) is 0 Å². The molecule has 0 amide bonds. The lowest BCUT2D eigenvalue weighted by atomic mass is 9.76. The van der Waals surface area contributed by atoms with E-state index >= 15 is 0 Å². The Morgan fingerprint density at radius 3 is 2.39 bits per heavy atom. The van der Waals surface area contributed by atoms with Gasteiger partial charge in [0.15, 0.2) is 0 Å². The van der Waals surface area contributed by atoms with Gasteiger partial charge in [0.2, 0.25) is 0 Å². The second-order valence-electron chi connectivity index (χ2n) is 6.51. The Hall–Kier alpha value is -2.05. The van der Waals surface area contributed by atoms with Crippen LogP contribution in [0.2, 0.25) is 10.0 Å². The molecule has 0 fully saturated rings. The number of rotatable bonds is 3. The van der Waals surface area contributed by atoms with E-state index in [2.05, 4.69) is 4.74 Å². The van der Waals surface area contributed by atoms with Crippen molar-refractivity contribution in [3.63, 3.8) is 0 Å². The number of halogens is 6. The molecule has 0 heterocycles. The highest BCUT2D eigenvalue weighted by Crippen LogP contribution is 2.54. The number of alkyl halides is 3. The van der Waals surface area contributed by atoms with Gasteiger partial charge in [-0.05, 0) is 53.8 Å². The van der Waals surface area contributed by atoms with Gasteiger partial charge in [-0.1, -0.05) is 41.4 Å². The van der Waals surface area contributed by atoms with Crippen LogP contribution in [-0.2, 0) is 10.2 Å². The highest BCUT2D eigenvalue weighted by atomic mass is 35.5. The number of methoxy groups -OCH3 is 1. The van der Waals surface area contributed by atoms with Gasteiger partial charge in [-0.15, -0.1) is 0 Å². The molecule has 1 unspecified atom stereocenters. The fraction of sp³-hybridized carbons (Fsp3) is 0.250. The topological polar surface area (TPSA) is 26.3 Å². The molecule has 28 heavy (non-hydrogen) atoms. The van der Waals surface area contributed by atoms with Gasteiger partial charge in [0, 0.05) is 0 Å². The summed E-state index contributed by atoms with van der Waals surface area (Å²) in [6, 6.07) is 7.43. The molecular weight excluding hydrogens is 419 g/mol. The molecule has 0 bridgehead atoms. The van der Waals surface area contributed by atoms with Gasteiger partial charge in [-0.25, -0.2) is 9.18 Å². The van der Waals surface area contributed by atoms with Crippen molar-refractivity contribution >= 4 is 34.7 Å². The largest absolute Gasteiger partial charge is 0.465 e. The van der Waals surface area contributed by atoms with Gasteiger partial charge in [0.05, 0.1) is 28.1 Å². The van der Waals surface area contributed by atoms with Crippen LogP contribution in [0.3, 0.4) is 0 Å². The van der Waals surface area contributed by atoms with Crippen LogP contribution in [0.15, 0.2) is 42.5 Å². The Morgan fingerprint density at radius 1 is 1.11 bits per heavy atom. The van der Waals surface area contributed by atoms with Crippen molar-refractivity contribution in [2.75, 3.05) is 7.11 Å². The second kappa shape index (κ2) is 7.41. The summed E-state index contributed by atoms with van der Waals surface area (Å²) >= 11 is 11.8. The molecule has 2 nitrogen and oxygen atoms in total. The van der Waals surface area contributed by atoms with Crippen molar-refractivity contribution in [1.82, 2.24) is 0 Å². The average molecular weight is 433 g/mol.